The monoisotopic (exact) mass is 403 g/mol. The molecule has 0 N–H and O–H groups in total. The quantitative estimate of drug-likeness (QED) is 0.668. The largest absolute Gasteiger partial charge is 0.496 e. The minimum absolute atomic E-state index is 0.142. The Morgan fingerprint density at radius 2 is 2.07 bits per heavy atom. The molecule has 1 amide bonds. The van der Waals surface area contributed by atoms with Crippen LogP contribution in [0.1, 0.15) is 21.6 Å². The van der Waals surface area contributed by atoms with Crippen molar-refractivity contribution in [3.63, 3.8) is 0 Å². The van der Waals surface area contributed by atoms with Crippen molar-refractivity contribution in [2.75, 3.05) is 12.0 Å². The summed E-state index contributed by atoms with van der Waals surface area (Å²) < 4.78 is 43.8. The highest BCUT2D eigenvalue weighted by Crippen LogP contribution is 2.34. The summed E-state index contributed by atoms with van der Waals surface area (Å²) in [6, 6.07) is 3.49. The number of hydrogen-bond donors (Lipinski definition) is 0. The molecule has 150 valence electrons. The molecular formula is C19H16F3N5O2. The molecule has 29 heavy (non-hydrogen) atoms. The van der Waals surface area contributed by atoms with Crippen molar-refractivity contribution >= 4 is 11.6 Å². The second-order valence-corrected chi connectivity index (χ2v) is 6.62. The normalized spacial score (nSPS) is 13.7. The Kier molecular flexibility index (Phi) is 4.48. The van der Waals surface area contributed by atoms with Crippen molar-refractivity contribution in [2.24, 2.45) is 0 Å². The van der Waals surface area contributed by atoms with Crippen molar-refractivity contribution in [1.82, 2.24) is 19.7 Å². The second-order valence-electron chi connectivity index (χ2n) is 6.62. The molecule has 1 aliphatic rings. The Morgan fingerprint density at radius 3 is 2.79 bits per heavy atom. The summed E-state index contributed by atoms with van der Waals surface area (Å²) in [4.78, 5) is 22.9. The zero-order chi connectivity index (χ0) is 20.8. The van der Waals surface area contributed by atoms with Crippen LogP contribution in [0.15, 0.2) is 36.9 Å². The van der Waals surface area contributed by atoms with Crippen LogP contribution in [0.2, 0.25) is 0 Å². The Balaban J connectivity index is 1.68. The van der Waals surface area contributed by atoms with Crippen LogP contribution in [0, 0.1) is 6.92 Å². The van der Waals surface area contributed by atoms with E-state index in [1.165, 1.54) is 17.3 Å². The van der Waals surface area contributed by atoms with Crippen molar-refractivity contribution in [3.8, 4) is 17.0 Å². The molecule has 4 heterocycles. The molecule has 10 heteroatoms. The Labute approximate surface area is 163 Å². The molecule has 0 aromatic carbocycles. The van der Waals surface area contributed by atoms with E-state index < -0.39 is 12.7 Å². The first kappa shape index (κ1) is 18.9. The third kappa shape index (κ3) is 3.53. The third-order valence-electron chi connectivity index (χ3n) is 4.61. The minimum Gasteiger partial charge on any atom is -0.496 e. The van der Waals surface area contributed by atoms with E-state index in [0.29, 0.717) is 33.8 Å². The SMILES string of the molecule is COc1ccncc1-c1cc(C)c2c(n1)CN(c1cnn(CC(F)(F)F)c1)C2=O. The summed E-state index contributed by atoms with van der Waals surface area (Å²) >= 11 is 0. The third-order valence-corrected chi connectivity index (χ3v) is 4.61. The lowest BCUT2D eigenvalue weighted by Gasteiger charge is -2.12. The topological polar surface area (TPSA) is 73.1 Å². The maximum Gasteiger partial charge on any atom is 0.408 e. The first-order valence-corrected chi connectivity index (χ1v) is 8.67. The van der Waals surface area contributed by atoms with E-state index in [4.69, 9.17) is 4.74 Å². The van der Waals surface area contributed by atoms with Gasteiger partial charge in [0.1, 0.15) is 12.3 Å². The van der Waals surface area contributed by atoms with Gasteiger partial charge in [0.15, 0.2) is 0 Å². The van der Waals surface area contributed by atoms with Crippen LogP contribution in [0.4, 0.5) is 18.9 Å². The highest BCUT2D eigenvalue weighted by molar-refractivity contribution is 6.10. The molecule has 0 bridgehead atoms. The van der Waals surface area contributed by atoms with Gasteiger partial charge in [-0.2, -0.15) is 18.3 Å². The van der Waals surface area contributed by atoms with Gasteiger partial charge in [-0.15, -0.1) is 0 Å². The highest BCUT2D eigenvalue weighted by atomic mass is 19.4. The van der Waals surface area contributed by atoms with Crippen LogP contribution in [0.25, 0.3) is 11.3 Å². The number of carbonyl (C=O) groups excluding carboxylic acids is 1. The lowest BCUT2D eigenvalue weighted by molar-refractivity contribution is -0.142. The van der Waals surface area contributed by atoms with E-state index >= 15 is 0 Å². The number of amides is 1. The number of carbonyl (C=O) groups is 1. The Bertz CT molecular complexity index is 1090. The minimum atomic E-state index is -4.39. The molecule has 0 radical (unpaired) electrons. The highest BCUT2D eigenvalue weighted by Gasteiger charge is 2.34. The zero-order valence-corrected chi connectivity index (χ0v) is 15.6. The summed E-state index contributed by atoms with van der Waals surface area (Å²) in [6.07, 6.45) is 1.29. The average molecular weight is 403 g/mol. The van der Waals surface area contributed by atoms with Gasteiger partial charge >= 0.3 is 6.18 Å². The summed E-state index contributed by atoms with van der Waals surface area (Å²) in [5.41, 5.74) is 3.28. The lowest BCUT2D eigenvalue weighted by atomic mass is 10.0. The molecule has 7 nitrogen and oxygen atoms in total. The molecule has 0 spiro atoms. The fourth-order valence-corrected chi connectivity index (χ4v) is 3.36. The number of hydrogen-bond acceptors (Lipinski definition) is 5. The molecule has 4 rings (SSSR count). The molecule has 0 saturated carbocycles. The zero-order valence-electron chi connectivity index (χ0n) is 15.6. The molecule has 0 atom stereocenters. The number of aromatic nitrogens is 4. The standard InChI is InChI=1S/C19H16F3N5O2/c1-11-5-14(13-7-23-4-3-16(13)29-2)25-15-9-27(18(28)17(11)15)12-6-24-26(8-12)10-19(20,21)22/h3-8H,9-10H2,1-2H3. The van der Waals surface area contributed by atoms with E-state index in [2.05, 4.69) is 15.1 Å². The number of ether oxygens (including phenoxy) is 1. The number of anilines is 1. The number of nitrogens with zero attached hydrogens (tertiary/aromatic N) is 5. The van der Waals surface area contributed by atoms with E-state index in [-0.39, 0.29) is 18.1 Å². The van der Waals surface area contributed by atoms with E-state index in [1.54, 1.807) is 38.6 Å². The average Bonchev–Trinajstić information content (AvgIpc) is 3.24. The number of halogens is 3. The summed E-state index contributed by atoms with van der Waals surface area (Å²) in [7, 11) is 1.54. The molecule has 3 aromatic heterocycles. The lowest BCUT2D eigenvalue weighted by Crippen LogP contribution is -2.23. The predicted octanol–water partition coefficient (Wildman–Crippen LogP) is 3.38. The van der Waals surface area contributed by atoms with Crippen LogP contribution in [-0.2, 0) is 13.1 Å². The predicted molar refractivity (Wildman–Crippen MR) is 97.6 cm³/mol. The Morgan fingerprint density at radius 1 is 1.28 bits per heavy atom. The van der Waals surface area contributed by atoms with Gasteiger partial charge in [-0.3, -0.25) is 19.4 Å². The fourth-order valence-electron chi connectivity index (χ4n) is 3.36. The van der Waals surface area contributed by atoms with Gasteiger partial charge in [0.05, 0.1) is 48.1 Å². The number of methoxy groups -OCH3 is 1. The van der Waals surface area contributed by atoms with Gasteiger partial charge < -0.3 is 4.74 Å². The first-order valence-electron chi connectivity index (χ1n) is 8.67. The summed E-state index contributed by atoms with van der Waals surface area (Å²) in [5, 5.41) is 3.71. The molecule has 1 aliphatic heterocycles. The van der Waals surface area contributed by atoms with Crippen LogP contribution in [-0.4, -0.2) is 38.9 Å². The second kappa shape index (κ2) is 6.87. The van der Waals surface area contributed by atoms with Crippen molar-refractivity contribution in [1.29, 1.82) is 0 Å². The van der Waals surface area contributed by atoms with Crippen LogP contribution >= 0.6 is 0 Å². The van der Waals surface area contributed by atoms with Crippen LogP contribution < -0.4 is 9.64 Å². The van der Waals surface area contributed by atoms with E-state index in [1.807, 2.05) is 0 Å². The number of rotatable bonds is 4. The number of pyridine rings is 2. The van der Waals surface area contributed by atoms with Gasteiger partial charge in [0, 0.05) is 18.6 Å². The number of aryl methyl sites for hydroxylation is 1. The molecule has 0 saturated heterocycles. The van der Waals surface area contributed by atoms with Crippen molar-refractivity contribution < 1.29 is 22.7 Å². The molecular weight excluding hydrogens is 387 g/mol. The van der Waals surface area contributed by atoms with Crippen LogP contribution in [0.3, 0.4) is 0 Å². The van der Waals surface area contributed by atoms with Gasteiger partial charge in [0.25, 0.3) is 5.91 Å². The van der Waals surface area contributed by atoms with Gasteiger partial charge in [-0.25, -0.2) is 4.98 Å². The van der Waals surface area contributed by atoms with Crippen molar-refractivity contribution in [2.45, 2.75) is 26.2 Å². The van der Waals surface area contributed by atoms with Crippen LogP contribution in [0.5, 0.6) is 5.75 Å². The van der Waals surface area contributed by atoms with Gasteiger partial charge in [-0.05, 0) is 24.6 Å². The summed E-state index contributed by atoms with van der Waals surface area (Å²) in [6.45, 7) is 0.717. The molecule has 0 unspecified atom stereocenters. The fraction of sp³-hybridized carbons (Fsp3) is 0.263. The molecule has 0 fully saturated rings. The van der Waals surface area contributed by atoms with Crippen molar-refractivity contribution in [3.05, 3.63) is 53.7 Å². The van der Waals surface area contributed by atoms with E-state index in [9.17, 15) is 18.0 Å². The maximum absolute atomic E-state index is 12.9. The number of fused-ring (bicyclic) bond motifs is 1. The van der Waals surface area contributed by atoms with Gasteiger partial charge in [-0.1, -0.05) is 0 Å². The molecule has 3 aromatic rings. The first-order chi connectivity index (χ1) is 13.8. The maximum atomic E-state index is 12.9. The van der Waals surface area contributed by atoms with Gasteiger partial charge in [0.2, 0.25) is 0 Å². The summed E-state index contributed by atoms with van der Waals surface area (Å²) in [5.74, 6) is 0.280. The number of alkyl halides is 3. The molecule has 0 aliphatic carbocycles. The smallest absolute Gasteiger partial charge is 0.408 e. The Hall–Kier alpha value is -3.43. The van der Waals surface area contributed by atoms with E-state index in [0.717, 1.165) is 4.68 Å².